The summed E-state index contributed by atoms with van der Waals surface area (Å²) in [5.74, 6) is -3.59. The number of ether oxygens (including phenoxy) is 2. The number of carbonyl (C=O) groups is 4. The van der Waals surface area contributed by atoms with E-state index in [1.807, 2.05) is 66.7 Å². The van der Waals surface area contributed by atoms with Crippen LogP contribution in [0.15, 0.2) is 78.9 Å². The summed E-state index contributed by atoms with van der Waals surface area (Å²) in [5.41, 5.74) is 0.709. The highest BCUT2D eigenvalue weighted by Crippen LogP contribution is 2.56. The number of nitrogens with zero attached hydrogens (tertiary/aromatic N) is 5. The zero-order chi connectivity index (χ0) is 34.1. The van der Waals surface area contributed by atoms with E-state index in [0.29, 0.717) is 30.3 Å². The minimum Gasteiger partial charge on any atom is -0.455 e. The third-order valence-electron chi connectivity index (χ3n) is 9.97. The molecule has 2 fully saturated rings. The zero-order valence-electron chi connectivity index (χ0n) is 27.3. The fraction of sp³-hybridized carbons (Fsp3) is 0.444. The molecule has 1 spiro atoms. The first-order valence-corrected chi connectivity index (χ1v) is 16.9. The Balaban J connectivity index is 1.29. The maximum Gasteiger partial charge on any atom is 0.313 e. The minimum absolute atomic E-state index is 0.0367. The highest BCUT2D eigenvalue weighted by Gasteiger charge is 2.73. The number of hydrogen-bond acceptors (Lipinski definition) is 9. The second-order valence-corrected chi connectivity index (χ2v) is 13.1. The van der Waals surface area contributed by atoms with Gasteiger partial charge in [-0.15, -0.1) is 5.10 Å². The quantitative estimate of drug-likeness (QED) is 0.219. The smallest absolute Gasteiger partial charge is 0.313 e. The summed E-state index contributed by atoms with van der Waals surface area (Å²) < 4.78 is 14.4. The maximum atomic E-state index is 14.9. The zero-order valence-corrected chi connectivity index (χ0v) is 27.3. The largest absolute Gasteiger partial charge is 0.455 e. The summed E-state index contributed by atoms with van der Waals surface area (Å²) in [4.78, 5) is 59.7. The summed E-state index contributed by atoms with van der Waals surface area (Å²) in [6.07, 6.45) is 7.10. The number of carbonyl (C=O) groups excluding carboxylic acids is 4. The normalized spacial score (nSPS) is 30.9. The Kier molecular flexibility index (Phi) is 9.03. The van der Waals surface area contributed by atoms with Gasteiger partial charge in [0.25, 0.3) is 5.91 Å². The molecule has 0 saturated carbocycles. The van der Waals surface area contributed by atoms with E-state index in [1.165, 1.54) is 4.90 Å². The number of rotatable bonds is 7. The average Bonchev–Trinajstić information content (AvgIpc) is 3.86. The molecule has 5 bridgehead atoms. The Morgan fingerprint density at radius 1 is 1.00 bits per heavy atom. The number of likely N-dealkylation sites (tertiary alicyclic amines) is 1. The van der Waals surface area contributed by atoms with Crippen LogP contribution in [0.4, 0.5) is 0 Å². The number of hydrogen-bond donors (Lipinski definition) is 2. The van der Waals surface area contributed by atoms with Crippen LogP contribution in [0.5, 0.6) is 0 Å². The number of benzene rings is 2. The number of nitrogens with one attached hydrogen (secondary N) is 1. The summed E-state index contributed by atoms with van der Waals surface area (Å²) >= 11 is 0. The molecule has 49 heavy (non-hydrogen) atoms. The highest BCUT2D eigenvalue weighted by atomic mass is 16.6. The predicted molar refractivity (Wildman–Crippen MR) is 176 cm³/mol. The van der Waals surface area contributed by atoms with E-state index in [2.05, 4.69) is 15.6 Å². The lowest BCUT2D eigenvalue weighted by Crippen LogP contribution is -2.56. The minimum atomic E-state index is -1.40. The van der Waals surface area contributed by atoms with Crippen molar-refractivity contribution in [1.29, 1.82) is 0 Å². The lowest BCUT2D eigenvalue weighted by molar-refractivity contribution is -0.161. The third kappa shape index (κ3) is 5.90. The van der Waals surface area contributed by atoms with E-state index in [0.717, 1.165) is 5.52 Å². The maximum absolute atomic E-state index is 14.9. The predicted octanol–water partition coefficient (Wildman–Crippen LogP) is 2.28. The van der Waals surface area contributed by atoms with E-state index in [1.54, 1.807) is 28.7 Å². The van der Waals surface area contributed by atoms with Gasteiger partial charge in [-0.3, -0.25) is 19.2 Å². The topological polar surface area (TPSA) is 156 Å². The monoisotopic (exact) mass is 668 g/mol. The molecule has 5 heterocycles. The standard InChI is InChI=1S/C36H40N6O7/c1-23-31(24-12-4-2-5-13-24)48-35(47)29-27-17-18-36(49-27)30(29)33(45)41(20-10-11-21-43)32(36)34(46)40(19-9-3-6-16-28(44)37-23)22-42-26-15-8-7-14-25(26)38-39-42/h2-5,7-9,12-15,17-18,23,27,29-32,43H,6,10-11,16,19-22H2,1H3,(H,37,44)/b9-3-/t23-,27+,29-,30-,31+,32+,36-/m0/s1. The first-order valence-electron chi connectivity index (χ1n) is 16.9. The first-order chi connectivity index (χ1) is 23.8. The second kappa shape index (κ2) is 13.6. The molecule has 3 aromatic rings. The van der Waals surface area contributed by atoms with Crippen LogP contribution in [0.3, 0.4) is 0 Å². The van der Waals surface area contributed by atoms with Gasteiger partial charge in [0.2, 0.25) is 11.8 Å². The number of amides is 3. The van der Waals surface area contributed by atoms with Crippen LogP contribution in [0.1, 0.15) is 44.3 Å². The van der Waals surface area contributed by atoms with Gasteiger partial charge in [0.1, 0.15) is 35.9 Å². The molecule has 4 aliphatic heterocycles. The highest BCUT2D eigenvalue weighted by molar-refractivity contribution is 5.99. The molecule has 3 amide bonds. The molecule has 2 aromatic carbocycles. The van der Waals surface area contributed by atoms with Gasteiger partial charge in [-0.25, -0.2) is 4.68 Å². The van der Waals surface area contributed by atoms with Gasteiger partial charge in [0.15, 0.2) is 0 Å². The molecule has 256 valence electrons. The van der Waals surface area contributed by atoms with Crippen LogP contribution in [0, 0.1) is 11.8 Å². The van der Waals surface area contributed by atoms with Gasteiger partial charge in [-0.1, -0.05) is 72.0 Å². The number of fused-ring (bicyclic) bond motifs is 3. The van der Waals surface area contributed by atoms with Crippen LogP contribution >= 0.6 is 0 Å². The first kappa shape index (κ1) is 32.7. The Morgan fingerprint density at radius 3 is 2.61 bits per heavy atom. The third-order valence-corrected chi connectivity index (χ3v) is 9.97. The number of aromatic nitrogens is 3. The summed E-state index contributed by atoms with van der Waals surface area (Å²) in [5, 5.41) is 21.1. The summed E-state index contributed by atoms with van der Waals surface area (Å²) in [6.45, 7) is 2.12. The van der Waals surface area contributed by atoms with Gasteiger partial charge in [0.05, 0.1) is 23.6 Å². The van der Waals surface area contributed by atoms with E-state index >= 15 is 0 Å². The van der Waals surface area contributed by atoms with Gasteiger partial charge in [0, 0.05) is 26.1 Å². The van der Waals surface area contributed by atoms with Gasteiger partial charge >= 0.3 is 5.97 Å². The fourth-order valence-electron chi connectivity index (χ4n) is 7.67. The van der Waals surface area contributed by atoms with Crippen molar-refractivity contribution < 1.29 is 33.8 Å². The van der Waals surface area contributed by atoms with Crippen molar-refractivity contribution in [1.82, 2.24) is 30.1 Å². The molecule has 2 saturated heterocycles. The van der Waals surface area contributed by atoms with E-state index in [-0.39, 0.29) is 50.5 Å². The Morgan fingerprint density at radius 2 is 1.80 bits per heavy atom. The number of esters is 1. The van der Waals surface area contributed by atoms with E-state index in [9.17, 15) is 24.3 Å². The van der Waals surface area contributed by atoms with Crippen molar-refractivity contribution in [3.05, 3.63) is 84.5 Å². The SMILES string of the molecule is C[C@@H]1NC(=O)CC/C=C\CN(Cn2nnc3ccccc32)C(=O)[C@H]2N(CCCCO)C(=O)[C@@H]3[C@@H](C(=O)O[C@H]1c1ccccc1)[C@H]1C=C[C@]32O1. The fourth-order valence-corrected chi connectivity index (χ4v) is 7.67. The molecule has 0 radical (unpaired) electrons. The van der Waals surface area contributed by atoms with Gasteiger partial charge in [-0.05, 0) is 43.9 Å². The lowest BCUT2D eigenvalue weighted by Gasteiger charge is -2.35. The number of aliphatic hydroxyl groups is 1. The van der Waals surface area contributed by atoms with Crippen molar-refractivity contribution in [2.24, 2.45) is 11.8 Å². The van der Waals surface area contributed by atoms with Crippen molar-refractivity contribution >= 4 is 34.7 Å². The number of cyclic esters (lactones) is 1. The molecule has 2 N–H and O–H groups in total. The number of aliphatic hydroxyl groups excluding tert-OH is 1. The van der Waals surface area contributed by atoms with E-state index < -0.39 is 47.7 Å². The summed E-state index contributed by atoms with van der Waals surface area (Å²) in [6, 6.07) is 15.0. The van der Waals surface area contributed by atoms with Crippen LogP contribution in [0.2, 0.25) is 0 Å². The van der Waals surface area contributed by atoms with E-state index in [4.69, 9.17) is 9.47 Å². The molecule has 7 rings (SSSR count). The number of para-hydroxylation sites is 1. The molecule has 0 aliphatic carbocycles. The second-order valence-electron chi connectivity index (χ2n) is 13.1. The van der Waals surface area contributed by atoms with Gasteiger partial charge in [-0.2, -0.15) is 0 Å². The number of allylic oxidation sites excluding steroid dienone is 1. The number of unbranched alkanes of at least 4 members (excludes halogenated alkanes) is 1. The molecule has 13 heteroatoms. The van der Waals surface area contributed by atoms with Crippen LogP contribution < -0.4 is 5.32 Å². The average molecular weight is 669 g/mol. The molecule has 4 aliphatic rings. The summed E-state index contributed by atoms with van der Waals surface area (Å²) in [7, 11) is 0. The van der Waals surface area contributed by atoms with Crippen molar-refractivity contribution in [3.8, 4) is 0 Å². The van der Waals surface area contributed by atoms with Gasteiger partial charge < -0.3 is 29.7 Å². The van der Waals surface area contributed by atoms with Crippen molar-refractivity contribution in [3.63, 3.8) is 0 Å². The molecular formula is C36H40N6O7. The van der Waals surface area contributed by atoms with Crippen LogP contribution in [0.25, 0.3) is 11.0 Å². The van der Waals surface area contributed by atoms with Crippen molar-refractivity contribution in [2.45, 2.75) is 69.2 Å². The lowest BCUT2D eigenvalue weighted by atomic mass is 9.74. The molecule has 7 atom stereocenters. The van der Waals surface area contributed by atoms with Crippen LogP contribution in [-0.2, 0) is 35.3 Å². The van der Waals surface area contributed by atoms with Crippen molar-refractivity contribution in [2.75, 3.05) is 19.7 Å². The molecule has 13 nitrogen and oxygen atoms in total. The van der Waals surface area contributed by atoms with Crippen LogP contribution in [-0.4, -0.2) is 97.1 Å². The Hall–Kier alpha value is -4.88. The molecular weight excluding hydrogens is 628 g/mol. The Labute approximate surface area is 283 Å². The molecule has 1 aromatic heterocycles. The Bertz CT molecular complexity index is 1790. The molecule has 0 unspecified atom stereocenters.